The van der Waals surface area contributed by atoms with Crippen molar-refractivity contribution in [3.63, 3.8) is 0 Å². The van der Waals surface area contributed by atoms with Crippen LogP contribution in [0.5, 0.6) is 0 Å². The van der Waals surface area contributed by atoms with Gasteiger partial charge in [0, 0.05) is 23.8 Å². The van der Waals surface area contributed by atoms with E-state index in [1.54, 1.807) is 6.07 Å². The first-order chi connectivity index (χ1) is 10.0. The molecule has 1 aromatic rings. The average molecular weight is 309 g/mol. The van der Waals surface area contributed by atoms with E-state index >= 15 is 0 Å². The first kappa shape index (κ1) is 16.2. The van der Waals surface area contributed by atoms with E-state index in [-0.39, 0.29) is 11.3 Å². The lowest BCUT2D eigenvalue weighted by molar-refractivity contribution is 0.0935. The normalized spacial score (nSPS) is 16.7. The summed E-state index contributed by atoms with van der Waals surface area (Å²) >= 11 is 6.04. The molecule has 3 nitrogen and oxygen atoms in total. The Kier molecular flexibility index (Phi) is 5.51. The second-order valence-electron chi connectivity index (χ2n) is 6.32. The van der Waals surface area contributed by atoms with Crippen LogP contribution in [0, 0.1) is 5.41 Å². The van der Waals surface area contributed by atoms with Crippen molar-refractivity contribution in [3.05, 3.63) is 28.8 Å². The van der Waals surface area contributed by atoms with Crippen LogP contribution in [0.25, 0.3) is 0 Å². The van der Waals surface area contributed by atoms with Crippen LogP contribution in [-0.4, -0.2) is 19.0 Å². The molecule has 21 heavy (non-hydrogen) atoms. The van der Waals surface area contributed by atoms with Crippen LogP contribution in [0.15, 0.2) is 18.2 Å². The zero-order valence-corrected chi connectivity index (χ0v) is 13.7. The maximum absolute atomic E-state index is 12.5. The summed E-state index contributed by atoms with van der Waals surface area (Å²) < 4.78 is 0. The van der Waals surface area contributed by atoms with Gasteiger partial charge in [0.05, 0.1) is 5.56 Å². The summed E-state index contributed by atoms with van der Waals surface area (Å²) in [7, 11) is 0. The minimum Gasteiger partial charge on any atom is -0.384 e. The maximum atomic E-state index is 12.5. The Balaban J connectivity index is 2.04. The fourth-order valence-corrected chi connectivity index (χ4v) is 3.08. The molecule has 0 unspecified atom stereocenters. The zero-order valence-electron chi connectivity index (χ0n) is 13.0. The third kappa shape index (κ3) is 4.37. The number of benzene rings is 1. The highest BCUT2D eigenvalue weighted by Crippen LogP contribution is 2.36. The van der Waals surface area contributed by atoms with Gasteiger partial charge in [0.2, 0.25) is 0 Å². The van der Waals surface area contributed by atoms with Crippen LogP contribution in [0.3, 0.4) is 0 Å². The zero-order chi connectivity index (χ0) is 15.3. The topological polar surface area (TPSA) is 41.1 Å². The van der Waals surface area contributed by atoms with Crippen LogP contribution in [0.1, 0.15) is 56.3 Å². The molecule has 0 heterocycles. The molecule has 1 aliphatic carbocycles. The van der Waals surface area contributed by atoms with E-state index in [9.17, 15) is 4.79 Å². The first-order valence-corrected chi connectivity index (χ1v) is 8.23. The van der Waals surface area contributed by atoms with E-state index in [0.717, 1.165) is 25.2 Å². The fraction of sp³-hybridized carbons (Fsp3) is 0.588. The van der Waals surface area contributed by atoms with Crippen molar-refractivity contribution in [2.75, 3.05) is 18.4 Å². The van der Waals surface area contributed by atoms with Gasteiger partial charge in [0.15, 0.2) is 0 Å². The SMILES string of the molecule is CCCNc1ccc(Cl)cc1C(=O)NCC1(C)CCCC1. The van der Waals surface area contributed by atoms with Crippen molar-refractivity contribution in [2.45, 2.75) is 46.0 Å². The number of halogens is 1. The van der Waals surface area contributed by atoms with Crippen LogP contribution in [-0.2, 0) is 0 Å². The number of amides is 1. The van der Waals surface area contributed by atoms with Gasteiger partial charge in [-0.25, -0.2) is 0 Å². The van der Waals surface area contributed by atoms with E-state index in [0.29, 0.717) is 10.6 Å². The van der Waals surface area contributed by atoms with E-state index < -0.39 is 0 Å². The summed E-state index contributed by atoms with van der Waals surface area (Å²) in [6, 6.07) is 5.44. The molecule has 4 heteroatoms. The molecule has 0 aromatic heterocycles. The highest BCUT2D eigenvalue weighted by atomic mass is 35.5. The predicted octanol–water partition coefficient (Wildman–Crippen LogP) is 4.47. The largest absolute Gasteiger partial charge is 0.384 e. The molecule has 0 bridgehead atoms. The monoisotopic (exact) mass is 308 g/mol. The number of carbonyl (C=O) groups excluding carboxylic acids is 1. The third-order valence-electron chi connectivity index (χ3n) is 4.28. The molecule has 1 fully saturated rings. The molecule has 1 saturated carbocycles. The minimum atomic E-state index is -0.0378. The second-order valence-corrected chi connectivity index (χ2v) is 6.75. The number of nitrogens with one attached hydrogen (secondary N) is 2. The Hall–Kier alpha value is -1.22. The molecule has 0 spiro atoms. The molecule has 1 aromatic carbocycles. The summed E-state index contributed by atoms with van der Waals surface area (Å²) in [6.07, 6.45) is 5.95. The Bertz CT molecular complexity index is 496. The summed E-state index contributed by atoms with van der Waals surface area (Å²) in [6.45, 7) is 5.95. The molecule has 1 aliphatic rings. The quantitative estimate of drug-likeness (QED) is 0.814. The standard InChI is InChI=1S/C17H25ClN2O/c1-3-10-19-15-7-6-13(18)11-14(15)16(21)20-12-17(2)8-4-5-9-17/h6-7,11,19H,3-5,8-10,12H2,1-2H3,(H,20,21). The number of rotatable bonds is 6. The molecule has 0 aliphatic heterocycles. The molecule has 2 N–H and O–H groups in total. The summed E-state index contributed by atoms with van der Waals surface area (Å²) in [5, 5.41) is 6.97. The van der Waals surface area contributed by atoms with E-state index in [1.165, 1.54) is 25.7 Å². The molecule has 1 amide bonds. The molecule has 116 valence electrons. The Labute approximate surface area is 132 Å². The fourth-order valence-electron chi connectivity index (χ4n) is 2.91. The van der Waals surface area contributed by atoms with Crippen LogP contribution >= 0.6 is 11.6 Å². The van der Waals surface area contributed by atoms with Crippen molar-refractivity contribution in [1.82, 2.24) is 5.32 Å². The highest BCUT2D eigenvalue weighted by Gasteiger charge is 2.29. The summed E-state index contributed by atoms with van der Waals surface area (Å²) in [5.74, 6) is -0.0378. The van der Waals surface area contributed by atoms with Crippen molar-refractivity contribution >= 4 is 23.2 Å². The van der Waals surface area contributed by atoms with Gasteiger partial charge in [-0.05, 0) is 42.9 Å². The highest BCUT2D eigenvalue weighted by molar-refractivity contribution is 6.31. The molecule has 0 atom stereocenters. The van der Waals surface area contributed by atoms with E-state index in [4.69, 9.17) is 11.6 Å². The van der Waals surface area contributed by atoms with Gasteiger partial charge in [0.1, 0.15) is 0 Å². The van der Waals surface area contributed by atoms with E-state index in [2.05, 4.69) is 24.5 Å². The van der Waals surface area contributed by atoms with Crippen molar-refractivity contribution in [2.24, 2.45) is 5.41 Å². The first-order valence-electron chi connectivity index (χ1n) is 7.86. The van der Waals surface area contributed by atoms with Gasteiger partial charge in [0.25, 0.3) is 5.91 Å². The minimum absolute atomic E-state index is 0.0378. The Morgan fingerprint density at radius 3 is 2.71 bits per heavy atom. The number of hydrogen-bond donors (Lipinski definition) is 2. The Morgan fingerprint density at radius 1 is 1.33 bits per heavy atom. The summed E-state index contributed by atoms with van der Waals surface area (Å²) in [5.41, 5.74) is 1.75. The van der Waals surface area contributed by atoms with Gasteiger partial charge < -0.3 is 10.6 Å². The molecule has 2 rings (SSSR count). The van der Waals surface area contributed by atoms with Gasteiger partial charge in [-0.15, -0.1) is 0 Å². The second kappa shape index (κ2) is 7.17. The third-order valence-corrected chi connectivity index (χ3v) is 4.51. The van der Waals surface area contributed by atoms with Crippen molar-refractivity contribution < 1.29 is 4.79 Å². The van der Waals surface area contributed by atoms with E-state index in [1.807, 2.05) is 12.1 Å². The molecule has 0 radical (unpaired) electrons. The maximum Gasteiger partial charge on any atom is 0.253 e. The van der Waals surface area contributed by atoms with Gasteiger partial charge in [-0.1, -0.05) is 38.3 Å². The van der Waals surface area contributed by atoms with Crippen molar-refractivity contribution in [3.8, 4) is 0 Å². The lowest BCUT2D eigenvalue weighted by atomic mass is 9.89. The Morgan fingerprint density at radius 2 is 2.05 bits per heavy atom. The lowest BCUT2D eigenvalue weighted by Gasteiger charge is -2.24. The van der Waals surface area contributed by atoms with Crippen LogP contribution in [0.4, 0.5) is 5.69 Å². The smallest absolute Gasteiger partial charge is 0.253 e. The predicted molar refractivity (Wildman–Crippen MR) is 89.1 cm³/mol. The number of carbonyl (C=O) groups is 1. The number of anilines is 1. The van der Waals surface area contributed by atoms with Crippen LogP contribution in [0.2, 0.25) is 5.02 Å². The molecular formula is C17H25ClN2O. The molecule has 0 saturated heterocycles. The van der Waals surface area contributed by atoms with Crippen LogP contribution < -0.4 is 10.6 Å². The van der Waals surface area contributed by atoms with Gasteiger partial charge in [-0.3, -0.25) is 4.79 Å². The lowest BCUT2D eigenvalue weighted by Crippen LogP contribution is -2.34. The van der Waals surface area contributed by atoms with Gasteiger partial charge >= 0.3 is 0 Å². The molecular weight excluding hydrogens is 284 g/mol. The van der Waals surface area contributed by atoms with Crippen molar-refractivity contribution in [1.29, 1.82) is 0 Å². The number of hydrogen-bond acceptors (Lipinski definition) is 2. The summed E-state index contributed by atoms with van der Waals surface area (Å²) in [4.78, 5) is 12.5. The average Bonchev–Trinajstić information content (AvgIpc) is 2.91. The van der Waals surface area contributed by atoms with Gasteiger partial charge in [-0.2, -0.15) is 0 Å².